The van der Waals surface area contributed by atoms with Crippen LogP contribution in [0, 0.1) is 13.8 Å². The lowest BCUT2D eigenvalue weighted by Gasteiger charge is -2.18. The molecule has 2 rings (SSSR count). The molecule has 2 aromatic carbocycles. The fraction of sp³-hybridized carbons (Fsp3) is 0.222. The zero-order chi connectivity index (χ0) is 18.3. The van der Waals surface area contributed by atoms with Gasteiger partial charge in [0.15, 0.2) is 11.6 Å². The van der Waals surface area contributed by atoms with Gasteiger partial charge in [-0.15, -0.1) is 0 Å². The number of ketones is 2. The lowest BCUT2D eigenvalue weighted by Crippen LogP contribution is -2.02. The van der Waals surface area contributed by atoms with Gasteiger partial charge in [0.2, 0.25) is 0 Å². The third-order valence-electron chi connectivity index (χ3n) is 3.97. The maximum atomic E-state index is 11.8. The number of rotatable bonds is 3. The summed E-state index contributed by atoms with van der Waals surface area (Å²) in [5.41, 5.74) is 0.359. The zero-order valence-corrected chi connectivity index (χ0v) is 13.8. The topological polar surface area (TPSA) is 115 Å². The Labute approximate surface area is 138 Å². The highest BCUT2D eigenvalue weighted by molar-refractivity contribution is 6.05. The van der Waals surface area contributed by atoms with E-state index >= 15 is 0 Å². The van der Waals surface area contributed by atoms with E-state index in [2.05, 4.69) is 0 Å². The van der Waals surface area contributed by atoms with Crippen LogP contribution in [0.25, 0.3) is 11.1 Å². The molecule has 0 radical (unpaired) electrons. The Morgan fingerprint density at radius 1 is 0.750 bits per heavy atom. The molecule has 0 unspecified atom stereocenters. The lowest BCUT2D eigenvalue weighted by atomic mass is 9.89. The molecule has 2 aromatic rings. The standard InChI is InChI=1S/C18H18O6/c1-7-5-11(21)17(18(24)14(7)9(3)19)16-8(2)15(10(4)20)12(22)6-13(16)23/h5-6,21-24H,1-4H3. The average molecular weight is 330 g/mol. The number of benzene rings is 2. The van der Waals surface area contributed by atoms with E-state index in [0.717, 1.165) is 6.07 Å². The van der Waals surface area contributed by atoms with E-state index in [1.54, 1.807) is 6.92 Å². The Balaban J connectivity index is 2.98. The van der Waals surface area contributed by atoms with Crippen molar-refractivity contribution >= 4 is 11.6 Å². The molecule has 0 aliphatic heterocycles. The molecule has 126 valence electrons. The van der Waals surface area contributed by atoms with Crippen LogP contribution in [0.2, 0.25) is 0 Å². The monoisotopic (exact) mass is 330 g/mol. The predicted octanol–water partition coefficient (Wildman–Crippen LogP) is 3.20. The summed E-state index contributed by atoms with van der Waals surface area (Å²) in [5, 5.41) is 40.8. The largest absolute Gasteiger partial charge is 0.507 e. The number of phenols is 4. The number of phenolic OH excluding ortho intramolecular Hbond substituents is 4. The van der Waals surface area contributed by atoms with Crippen LogP contribution in [0.5, 0.6) is 23.0 Å². The smallest absolute Gasteiger partial charge is 0.163 e. The minimum atomic E-state index is -0.487. The van der Waals surface area contributed by atoms with Crippen molar-refractivity contribution in [1.29, 1.82) is 0 Å². The van der Waals surface area contributed by atoms with Gasteiger partial charge in [0.1, 0.15) is 23.0 Å². The van der Waals surface area contributed by atoms with Gasteiger partial charge < -0.3 is 20.4 Å². The number of hydrogen-bond acceptors (Lipinski definition) is 6. The van der Waals surface area contributed by atoms with Crippen molar-refractivity contribution in [3.8, 4) is 34.1 Å². The normalized spacial score (nSPS) is 10.7. The summed E-state index contributed by atoms with van der Waals surface area (Å²) in [6.45, 7) is 5.55. The molecule has 0 heterocycles. The summed E-state index contributed by atoms with van der Waals surface area (Å²) >= 11 is 0. The number of carbonyl (C=O) groups excluding carboxylic acids is 2. The summed E-state index contributed by atoms with van der Waals surface area (Å²) in [6.07, 6.45) is 0. The number of aryl methyl sites for hydroxylation is 1. The second kappa shape index (κ2) is 5.88. The molecule has 0 aliphatic carbocycles. The highest BCUT2D eigenvalue weighted by Gasteiger charge is 2.26. The van der Waals surface area contributed by atoms with Crippen molar-refractivity contribution in [1.82, 2.24) is 0 Å². The van der Waals surface area contributed by atoms with Crippen molar-refractivity contribution < 1.29 is 30.0 Å². The maximum absolute atomic E-state index is 11.8. The lowest BCUT2D eigenvalue weighted by molar-refractivity contribution is 0.100. The van der Waals surface area contributed by atoms with Gasteiger partial charge in [-0.1, -0.05) is 0 Å². The van der Waals surface area contributed by atoms with E-state index in [1.165, 1.54) is 26.8 Å². The summed E-state index contributed by atoms with van der Waals surface area (Å²) in [6, 6.07) is 2.26. The number of Topliss-reactive ketones (excluding diaryl/α,β-unsaturated/α-hetero) is 2. The van der Waals surface area contributed by atoms with Crippen molar-refractivity contribution in [3.05, 3.63) is 34.4 Å². The SMILES string of the molecule is CC(=O)c1c(O)cc(O)c(-c2c(O)cc(C)c(C(C)=O)c2O)c1C. The van der Waals surface area contributed by atoms with E-state index < -0.39 is 28.8 Å². The van der Waals surface area contributed by atoms with Crippen molar-refractivity contribution in [2.24, 2.45) is 0 Å². The van der Waals surface area contributed by atoms with Crippen LogP contribution in [-0.4, -0.2) is 32.0 Å². The molecule has 0 amide bonds. The van der Waals surface area contributed by atoms with Crippen molar-refractivity contribution in [2.75, 3.05) is 0 Å². The molecule has 0 atom stereocenters. The Bertz CT molecular complexity index is 807. The van der Waals surface area contributed by atoms with Crippen LogP contribution in [0.1, 0.15) is 45.7 Å². The van der Waals surface area contributed by atoms with E-state index in [-0.39, 0.29) is 33.6 Å². The van der Waals surface area contributed by atoms with Crippen LogP contribution < -0.4 is 0 Å². The molecule has 0 saturated carbocycles. The van der Waals surface area contributed by atoms with Gasteiger partial charge in [0, 0.05) is 11.6 Å². The first-order valence-corrected chi connectivity index (χ1v) is 7.21. The number of hydrogen-bond donors (Lipinski definition) is 4. The predicted molar refractivity (Wildman–Crippen MR) is 88.0 cm³/mol. The van der Waals surface area contributed by atoms with Crippen LogP contribution in [0.3, 0.4) is 0 Å². The first kappa shape index (κ1) is 17.3. The minimum absolute atomic E-state index is 0.0130. The van der Waals surface area contributed by atoms with Gasteiger partial charge in [-0.05, 0) is 44.9 Å². The van der Waals surface area contributed by atoms with E-state index in [1.807, 2.05) is 0 Å². The van der Waals surface area contributed by atoms with Crippen LogP contribution in [-0.2, 0) is 0 Å². The Morgan fingerprint density at radius 3 is 1.75 bits per heavy atom. The van der Waals surface area contributed by atoms with E-state index in [9.17, 15) is 30.0 Å². The van der Waals surface area contributed by atoms with Crippen LogP contribution in [0.4, 0.5) is 0 Å². The first-order valence-electron chi connectivity index (χ1n) is 7.21. The molecule has 6 heteroatoms. The summed E-state index contributed by atoms with van der Waals surface area (Å²) in [7, 11) is 0. The average Bonchev–Trinajstić information content (AvgIpc) is 2.40. The van der Waals surface area contributed by atoms with Gasteiger partial charge in [-0.3, -0.25) is 9.59 Å². The van der Waals surface area contributed by atoms with Gasteiger partial charge in [-0.25, -0.2) is 0 Å². The molecule has 4 N–H and O–H groups in total. The van der Waals surface area contributed by atoms with Crippen molar-refractivity contribution in [3.63, 3.8) is 0 Å². The molecule has 0 bridgehead atoms. The van der Waals surface area contributed by atoms with Gasteiger partial charge in [-0.2, -0.15) is 0 Å². The molecule has 24 heavy (non-hydrogen) atoms. The second-order valence-electron chi connectivity index (χ2n) is 5.71. The summed E-state index contributed by atoms with van der Waals surface area (Å²) in [4.78, 5) is 23.5. The maximum Gasteiger partial charge on any atom is 0.163 e. The zero-order valence-electron chi connectivity index (χ0n) is 13.8. The molecule has 0 aromatic heterocycles. The highest BCUT2D eigenvalue weighted by Crippen LogP contribution is 2.48. The molecular weight excluding hydrogens is 312 g/mol. The molecule has 6 nitrogen and oxygen atoms in total. The Kier molecular flexibility index (Phi) is 4.25. The fourth-order valence-electron chi connectivity index (χ4n) is 3.02. The Hall–Kier alpha value is -3.02. The van der Waals surface area contributed by atoms with Crippen LogP contribution in [0.15, 0.2) is 12.1 Å². The number of carbonyl (C=O) groups is 2. The second-order valence-corrected chi connectivity index (χ2v) is 5.71. The van der Waals surface area contributed by atoms with Crippen LogP contribution >= 0.6 is 0 Å². The van der Waals surface area contributed by atoms with Gasteiger partial charge >= 0.3 is 0 Å². The van der Waals surface area contributed by atoms with Gasteiger partial charge in [0.05, 0.1) is 16.7 Å². The van der Waals surface area contributed by atoms with E-state index in [0.29, 0.717) is 5.56 Å². The van der Waals surface area contributed by atoms with Gasteiger partial charge in [0.25, 0.3) is 0 Å². The molecular formula is C18H18O6. The molecule has 0 fully saturated rings. The number of aromatic hydroxyl groups is 4. The third-order valence-corrected chi connectivity index (χ3v) is 3.97. The molecule has 0 spiro atoms. The van der Waals surface area contributed by atoms with Crippen molar-refractivity contribution in [2.45, 2.75) is 27.7 Å². The van der Waals surface area contributed by atoms with E-state index in [4.69, 9.17) is 0 Å². The first-order chi connectivity index (χ1) is 11.1. The quantitative estimate of drug-likeness (QED) is 0.642. The summed E-state index contributed by atoms with van der Waals surface area (Å²) < 4.78 is 0. The fourth-order valence-corrected chi connectivity index (χ4v) is 3.02. The summed E-state index contributed by atoms with van der Waals surface area (Å²) in [5.74, 6) is -2.52. The molecule has 0 aliphatic rings. The third kappa shape index (κ3) is 2.56. The highest BCUT2D eigenvalue weighted by atomic mass is 16.3. The molecule has 0 saturated heterocycles. The minimum Gasteiger partial charge on any atom is -0.507 e. The Morgan fingerprint density at radius 2 is 1.25 bits per heavy atom.